The van der Waals surface area contributed by atoms with Crippen molar-refractivity contribution in [3.05, 3.63) is 29.8 Å². The lowest BCUT2D eigenvalue weighted by Crippen LogP contribution is -2.23. The van der Waals surface area contributed by atoms with Crippen molar-refractivity contribution in [2.45, 2.75) is 19.4 Å². The molecule has 0 aliphatic heterocycles. The molecule has 0 radical (unpaired) electrons. The quantitative estimate of drug-likeness (QED) is 0.795. The first-order valence-corrected chi connectivity index (χ1v) is 6.97. The SMILES string of the molecule is CN(C)C(=O)CCn1c(CCCl)nc2c(F)cccc21. The minimum absolute atomic E-state index is 0.0278. The highest BCUT2D eigenvalue weighted by molar-refractivity contribution is 6.17. The number of nitrogens with zero attached hydrogens (tertiary/aromatic N) is 3. The first-order chi connectivity index (χ1) is 9.54. The lowest BCUT2D eigenvalue weighted by molar-refractivity contribution is -0.128. The van der Waals surface area contributed by atoms with E-state index in [1.54, 1.807) is 25.1 Å². The summed E-state index contributed by atoms with van der Waals surface area (Å²) in [6.07, 6.45) is 0.899. The van der Waals surface area contributed by atoms with Crippen LogP contribution in [0.25, 0.3) is 11.0 Å². The molecule has 0 spiro atoms. The zero-order valence-electron chi connectivity index (χ0n) is 11.6. The first kappa shape index (κ1) is 14.8. The van der Waals surface area contributed by atoms with E-state index in [9.17, 15) is 9.18 Å². The number of fused-ring (bicyclic) bond motifs is 1. The molecular weight excluding hydrogens is 281 g/mol. The normalized spacial score (nSPS) is 11.0. The summed E-state index contributed by atoms with van der Waals surface area (Å²) in [6.45, 7) is 0.475. The monoisotopic (exact) mass is 297 g/mol. The molecule has 1 heterocycles. The van der Waals surface area contributed by atoms with E-state index in [0.29, 0.717) is 42.1 Å². The third-order valence-corrected chi connectivity index (χ3v) is 3.36. The number of hydrogen-bond acceptors (Lipinski definition) is 2. The Labute approximate surface area is 122 Å². The highest BCUT2D eigenvalue weighted by Gasteiger charge is 2.14. The minimum atomic E-state index is -0.351. The molecule has 0 aliphatic rings. The van der Waals surface area contributed by atoms with Crippen LogP contribution in [0.2, 0.25) is 0 Å². The Hall–Kier alpha value is -1.62. The number of aromatic nitrogens is 2. The van der Waals surface area contributed by atoms with Crippen LogP contribution in [0.5, 0.6) is 0 Å². The number of halogens is 2. The van der Waals surface area contributed by atoms with Gasteiger partial charge >= 0.3 is 0 Å². The van der Waals surface area contributed by atoms with Gasteiger partial charge in [-0.25, -0.2) is 9.37 Å². The van der Waals surface area contributed by atoms with Crippen molar-refractivity contribution in [1.82, 2.24) is 14.5 Å². The number of rotatable bonds is 5. The Morgan fingerprint density at radius 1 is 1.45 bits per heavy atom. The second-order valence-corrected chi connectivity index (χ2v) is 5.14. The summed E-state index contributed by atoms with van der Waals surface area (Å²) in [4.78, 5) is 17.5. The van der Waals surface area contributed by atoms with Crippen LogP contribution in [0, 0.1) is 5.82 Å². The average molecular weight is 298 g/mol. The van der Waals surface area contributed by atoms with E-state index in [4.69, 9.17) is 11.6 Å². The number of alkyl halides is 1. The summed E-state index contributed by atoms with van der Waals surface area (Å²) >= 11 is 5.77. The van der Waals surface area contributed by atoms with Gasteiger partial charge in [-0.1, -0.05) is 6.07 Å². The highest BCUT2D eigenvalue weighted by atomic mass is 35.5. The third-order valence-electron chi connectivity index (χ3n) is 3.17. The van der Waals surface area contributed by atoms with Crippen LogP contribution in [0.1, 0.15) is 12.2 Å². The van der Waals surface area contributed by atoms with E-state index in [2.05, 4.69) is 4.98 Å². The average Bonchev–Trinajstić information content (AvgIpc) is 2.76. The van der Waals surface area contributed by atoms with Crippen molar-refractivity contribution in [3.8, 4) is 0 Å². The molecule has 4 nitrogen and oxygen atoms in total. The molecule has 1 aromatic carbocycles. The molecule has 0 saturated carbocycles. The fourth-order valence-electron chi connectivity index (χ4n) is 2.12. The zero-order chi connectivity index (χ0) is 14.7. The molecule has 0 unspecified atom stereocenters. The van der Waals surface area contributed by atoms with Crippen molar-refractivity contribution < 1.29 is 9.18 Å². The summed E-state index contributed by atoms with van der Waals surface area (Å²) < 4.78 is 15.6. The van der Waals surface area contributed by atoms with E-state index < -0.39 is 0 Å². The van der Waals surface area contributed by atoms with Crippen molar-refractivity contribution in [2.24, 2.45) is 0 Å². The Balaban J connectivity index is 2.36. The lowest BCUT2D eigenvalue weighted by Gasteiger charge is -2.12. The van der Waals surface area contributed by atoms with Gasteiger partial charge in [0.25, 0.3) is 0 Å². The van der Waals surface area contributed by atoms with Gasteiger partial charge in [-0.05, 0) is 12.1 Å². The number of aryl methyl sites for hydroxylation is 2. The van der Waals surface area contributed by atoms with Crippen LogP contribution >= 0.6 is 11.6 Å². The summed E-state index contributed by atoms with van der Waals surface area (Å²) in [5, 5.41) is 0. The van der Waals surface area contributed by atoms with Crippen molar-refractivity contribution in [2.75, 3.05) is 20.0 Å². The second-order valence-electron chi connectivity index (χ2n) is 4.76. The van der Waals surface area contributed by atoms with Crippen LogP contribution < -0.4 is 0 Å². The number of amides is 1. The van der Waals surface area contributed by atoms with E-state index >= 15 is 0 Å². The van der Waals surface area contributed by atoms with Gasteiger partial charge in [0.05, 0.1) is 5.52 Å². The maximum absolute atomic E-state index is 13.8. The molecular formula is C14H17ClFN3O. The number of benzene rings is 1. The van der Waals surface area contributed by atoms with Crippen LogP contribution in [0.15, 0.2) is 18.2 Å². The summed E-state index contributed by atoms with van der Waals surface area (Å²) in [6, 6.07) is 4.84. The Kier molecular flexibility index (Phi) is 4.60. The van der Waals surface area contributed by atoms with Gasteiger partial charge in [0.15, 0.2) is 5.82 Å². The molecule has 1 aromatic heterocycles. The fourth-order valence-corrected chi connectivity index (χ4v) is 2.29. The molecule has 0 atom stereocenters. The third kappa shape index (κ3) is 2.93. The second kappa shape index (κ2) is 6.22. The molecule has 6 heteroatoms. The summed E-state index contributed by atoms with van der Waals surface area (Å²) in [5.74, 6) is 0.801. The molecule has 0 bridgehead atoms. The van der Waals surface area contributed by atoms with Crippen molar-refractivity contribution >= 4 is 28.5 Å². The van der Waals surface area contributed by atoms with Gasteiger partial charge in [-0.15, -0.1) is 11.6 Å². The van der Waals surface area contributed by atoms with Crippen LogP contribution in [-0.2, 0) is 17.8 Å². The predicted octanol–water partition coefficient (Wildman–Crippen LogP) is 2.44. The van der Waals surface area contributed by atoms with Gasteiger partial charge in [-0.3, -0.25) is 4.79 Å². The molecule has 108 valence electrons. The molecule has 1 amide bonds. The molecule has 0 saturated heterocycles. The largest absolute Gasteiger partial charge is 0.349 e. The summed E-state index contributed by atoms with van der Waals surface area (Å²) in [5.41, 5.74) is 1.04. The fraction of sp³-hybridized carbons (Fsp3) is 0.429. The smallest absolute Gasteiger partial charge is 0.223 e. The van der Waals surface area contributed by atoms with E-state index in [0.717, 1.165) is 0 Å². The van der Waals surface area contributed by atoms with E-state index in [-0.39, 0.29) is 11.7 Å². The van der Waals surface area contributed by atoms with Crippen LogP contribution in [-0.4, -0.2) is 40.3 Å². The van der Waals surface area contributed by atoms with Crippen LogP contribution in [0.4, 0.5) is 4.39 Å². The van der Waals surface area contributed by atoms with Gasteiger partial charge in [-0.2, -0.15) is 0 Å². The van der Waals surface area contributed by atoms with E-state index in [1.807, 2.05) is 10.6 Å². The zero-order valence-corrected chi connectivity index (χ0v) is 12.3. The van der Waals surface area contributed by atoms with Gasteiger partial charge < -0.3 is 9.47 Å². The Morgan fingerprint density at radius 2 is 2.20 bits per heavy atom. The standard InChI is InChI=1S/C14H17ClFN3O/c1-18(2)13(20)7-9-19-11-5-3-4-10(16)14(11)17-12(19)6-8-15/h3-5H,6-9H2,1-2H3. The number of imidazole rings is 1. The molecule has 0 N–H and O–H groups in total. The van der Waals surface area contributed by atoms with Gasteiger partial charge in [0, 0.05) is 39.4 Å². The van der Waals surface area contributed by atoms with Crippen molar-refractivity contribution in [1.29, 1.82) is 0 Å². The van der Waals surface area contributed by atoms with Gasteiger partial charge in [0.2, 0.25) is 5.91 Å². The minimum Gasteiger partial charge on any atom is -0.349 e. The Bertz CT molecular complexity index is 624. The summed E-state index contributed by atoms with van der Waals surface area (Å²) in [7, 11) is 3.43. The highest BCUT2D eigenvalue weighted by Crippen LogP contribution is 2.20. The molecule has 2 aromatic rings. The molecule has 2 rings (SSSR count). The van der Waals surface area contributed by atoms with Crippen LogP contribution in [0.3, 0.4) is 0 Å². The number of para-hydroxylation sites is 1. The number of carbonyl (C=O) groups is 1. The molecule has 0 fully saturated rings. The maximum Gasteiger partial charge on any atom is 0.223 e. The number of carbonyl (C=O) groups excluding carboxylic acids is 1. The molecule has 0 aliphatic carbocycles. The van der Waals surface area contributed by atoms with Crippen molar-refractivity contribution in [3.63, 3.8) is 0 Å². The number of hydrogen-bond donors (Lipinski definition) is 0. The topological polar surface area (TPSA) is 38.1 Å². The predicted molar refractivity (Wildman–Crippen MR) is 77.4 cm³/mol. The first-order valence-electron chi connectivity index (χ1n) is 6.44. The lowest BCUT2D eigenvalue weighted by atomic mass is 10.3. The van der Waals surface area contributed by atoms with Gasteiger partial charge in [0.1, 0.15) is 11.3 Å². The van der Waals surface area contributed by atoms with E-state index in [1.165, 1.54) is 6.07 Å². The molecule has 20 heavy (non-hydrogen) atoms. The maximum atomic E-state index is 13.8. The Morgan fingerprint density at radius 3 is 2.85 bits per heavy atom.